The van der Waals surface area contributed by atoms with Gasteiger partial charge in [-0.3, -0.25) is 0 Å². The number of hydrogen-bond donors (Lipinski definition) is 0. The third-order valence-corrected chi connectivity index (χ3v) is 3.40. The quantitative estimate of drug-likeness (QED) is 0.758. The zero-order valence-electron chi connectivity index (χ0n) is 10.5. The molecule has 2 rings (SSSR count). The van der Waals surface area contributed by atoms with Gasteiger partial charge < -0.3 is 9.64 Å². The molecule has 1 aromatic heterocycles. The maximum Gasteiger partial charge on any atom is 0.160 e. The Labute approximate surface area is 107 Å². The molecule has 5 heteroatoms. The van der Waals surface area contributed by atoms with E-state index in [1.807, 2.05) is 6.92 Å². The van der Waals surface area contributed by atoms with Gasteiger partial charge in [-0.2, -0.15) is 0 Å². The van der Waals surface area contributed by atoms with Gasteiger partial charge in [0.2, 0.25) is 0 Å². The SMILES string of the molecule is CCc1c(C)nc(C2CN(C)CCO2)nc1Cl. The highest BCUT2D eigenvalue weighted by Gasteiger charge is 2.23. The summed E-state index contributed by atoms with van der Waals surface area (Å²) in [4.78, 5) is 11.1. The van der Waals surface area contributed by atoms with E-state index in [1.54, 1.807) is 0 Å². The first-order valence-electron chi connectivity index (χ1n) is 5.95. The van der Waals surface area contributed by atoms with Crippen molar-refractivity contribution in [1.82, 2.24) is 14.9 Å². The first-order valence-corrected chi connectivity index (χ1v) is 6.32. The summed E-state index contributed by atoms with van der Waals surface area (Å²) >= 11 is 6.17. The number of rotatable bonds is 2. The van der Waals surface area contributed by atoms with Crippen LogP contribution in [0, 0.1) is 6.92 Å². The Hall–Kier alpha value is -0.710. The average Bonchev–Trinajstić information content (AvgIpc) is 2.28. The van der Waals surface area contributed by atoms with Crippen molar-refractivity contribution in [3.05, 3.63) is 22.2 Å². The zero-order valence-corrected chi connectivity index (χ0v) is 11.3. The molecule has 94 valence electrons. The van der Waals surface area contributed by atoms with Gasteiger partial charge in [-0.1, -0.05) is 18.5 Å². The van der Waals surface area contributed by atoms with E-state index in [1.165, 1.54) is 0 Å². The molecule has 0 N–H and O–H groups in total. The van der Waals surface area contributed by atoms with Gasteiger partial charge in [0, 0.05) is 24.3 Å². The van der Waals surface area contributed by atoms with Crippen molar-refractivity contribution in [1.29, 1.82) is 0 Å². The Morgan fingerprint density at radius 3 is 2.82 bits per heavy atom. The zero-order chi connectivity index (χ0) is 12.4. The number of halogens is 1. The maximum atomic E-state index is 6.17. The van der Waals surface area contributed by atoms with E-state index < -0.39 is 0 Å². The van der Waals surface area contributed by atoms with Gasteiger partial charge in [0.25, 0.3) is 0 Å². The number of ether oxygens (including phenoxy) is 1. The highest BCUT2D eigenvalue weighted by molar-refractivity contribution is 6.30. The van der Waals surface area contributed by atoms with Crippen LogP contribution in [0.5, 0.6) is 0 Å². The van der Waals surface area contributed by atoms with Gasteiger partial charge >= 0.3 is 0 Å². The summed E-state index contributed by atoms with van der Waals surface area (Å²) in [7, 11) is 2.07. The number of nitrogens with zero attached hydrogens (tertiary/aromatic N) is 3. The van der Waals surface area contributed by atoms with Gasteiger partial charge in [-0.15, -0.1) is 0 Å². The van der Waals surface area contributed by atoms with E-state index >= 15 is 0 Å². The Kier molecular flexibility index (Phi) is 3.97. The van der Waals surface area contributed by atoms with Gasteiger partial charge in [-0.25, -0.2) is 9.97 Å². The molecule has 2 heterocycles. The summed E-state index contributed by atoms with van der Waals surface area (Å²) in [6.07, 6.45) is 0.798. The van der Waals surface area contributed by atoms with Crippen molar-refractivity contribution in [2.45, 2.75) is 26.4 Å². The fourth-order valence-corrected chi connectivity index (χ4v) is 2.42. The standard InChI is InChI=1S/C12H18ClN3O/c1-4-9-8(2)14-12(15-11(9)13)10-7-16(3)5-6-17-10/h10H,4-7H2,1-3H3. The van der Waals surface area contributed by atoms with Crippen LogP contribution in [0.4, 0.5) is 0 Å². The van der Waals surface area contributed by atoms with E-state index in [4.69, 9.17) is 16.3 Å². The Morgan fingerprint density at radius 2 is 2.24 bits per heavy atom. The third-order valence-electron chi connectivity index (χ3n) is 3.09. The molecular weight excluding hydrogens is 238 g/mol. The first-order chi connectivity index (χ1) is 8.11. The number of morpholine rings is 1. The topological polar surface area (TPSA) is 38.2 Å². The lowest BCUT2D eigenvalue weighted by molar-refractivity contribution is -0.0255. The lowest BCUT2D eigenvalue weighted by Crippen LogP contribution is -2.36. The van der Waals surface area contributed by atoms with Crippen LogP contribution >= 0.6 is 11.6 Å². The molecule has 0 amide bonds. The van der Waals surface area contributed by atoms with Crippen LogP contribution in [-0.2, 0) is 11.2 Å². The summed E-state index contributed by atoms with van der Waals surface area (Å²) < 4.78 is 5.69. The highest BCUT2D eigenvalue weighted by Crippen LogP contribution is 2.23. The smallest absolute Gasteiger partial charge is 0.160 e. The molecule has 0 spiro atoms. The molecule has 1 aliphatic rings. The summed E-state index contributed by atoms with van der Waals surface area (Å²) in [6.45, 7) is 6.53. The fourth-order valence-electron chi connectivity index (χ4n) is 2.06. The summed E-state index contributed by atoms with van der Waals surface area (Å²) in [6, 6.07) is 0. The van der Waals surface area contributed by atoms with Crippen molar-refractivity contribution in [3.8, 4) is 0 Å². The summed E-state index contributed by atoms with van der Waals surface area (Å²) in [5.41, 5.74) is 1.99. The van der Waals surface area contributed by atoms with Gasteiger partial charge in [0.1, 0.15) is 11.3 Å². The molecule has 1 saturated heterocycles. The minimum atomic E-state index is -0.0594. The maximum absolute atomic E-state index is 6.17. The predicted octanol–water partition coefficient (Wildman–Crippen LogP) is 2.00. The predicted molar refractivity (Wildman–Crippen MR) is 67.3 cm³/mol. The van der Waals surface area contributed by atoms with Crippen molar-refractivity contribution in [2.24, 2.45) is 0 Å². The van der Waals surface area contributed by atoms with E-state index in [0.717, 1.165) is 37.4 Å². The average molecular weight is 256 g/mol. The molecule has 0 saturated carbocycles. The van der Waals surface area contributed by atoms with E-state index in [0.29, 0.717) is 11.0 Å². The number of hydrogen-bond acceptors (Lipinski definition) is 4. The van der Waals surface area contributed by atoms with Crippen LogP contribution < -0.4 is 0 Å². The minimum absolute atomic E-state index is 0.0594. The second-order valence-electron chi connectivity index (χ2n) is 4.41. The number of aryl methyl sites for hydroxylation is 1. The molecule has 17 heavy (non-hydrogen) atoms. The Balaban J connectivity index is 2.27. The van der Waals surface area contributed by atoms with Crippen molar-refractivity contribution < 1.29 is 4.74 Å². The van der Waals surface area contributed by atoms with Crippen LogP contribution in [0.1, 0.15) is 30.1 Å². The molecule has 1 aromatic rings. The van der Waals surface area contributed by atoms with Gasteiger partial charge in [0.15, 0.2) is 5.82 Å². The number of aromatic nitrogens is 2. The third kappa shape index (κ3) is 2.76. The van der Waals surface area contributed by atoms with Gasteiger partial charge in [-0.05, 0) is 20.4 Å². The van der Waals surface area contributed by atoms with Crippen LogP contribution in [0.3, 0.4) is 0 Å². The van der Waals surface area contributed by atoms with Gasteiger partial charge in [0.05, 0.1) is 6.61 Å². The molecule has 1 unspecified atom stereocenters. The molecule has 1 fully saturated rings. The molecule has 1 atom stereocenters. The first kappa shape index (κ1) is 12.7. The second-order valence-corrected chi connectivity index (χ2v) is 4.77. The van der Waals surface area contributed by atoms with Crippen LogP contribution in [0.25, 0.3) is 0 Å². The summed E-state index contributed by atoms with van der Waals surface area (Å²) in [5.74, 6) is 0.705. The van der Waals surface area contributed by atoms with Crippen LogP contribution in [0.2, 0.25) is 5.15 Å². The van der Waals surface area contributed by atoms with E-state index in [-0.39, 0.29) is 6.10 Å². The van der Waals surface area contributed by atoms with E-state index in [9.17, 15) is 0 Å². The monoisotopic (exact) mass is 255 g/mol. The second kappa shape index (κ2) is 5.29. The molecule has 1 aliphatic heterocycles. The Bertz CT molecular complexity index is 388. The lowest BCUT2D eigenvalue weighted by atomic mass is 10.2. The normalized spacial score (nSPS) is 21.8. The Morgan fingerprint density at radius 1 is 1.47 bits per heavy atom. The molecule has 0 radical (unpaired) electrons. The largest absolute Gasteiger partial charge is 0.368 e. The highest BCUT2D eigenvalue weighted by atomic mass is 35.5. The molecular formula is C12H18ClN3O. The van der Waals surface area contributed by atoms with Crippen LogP contribution in [0.15, 0.2) is 0 Å². The van der Waals surface area contributed by atoms with Crippen molar-refractivity contribution in [2.75, 3.05) is 26.7 Å². The fraction of sp³-hybridized carbons (Fsp3) is 0.667. The van der Waals surface area contributed by atoms with Crippen molar-refractivity contribution in [3.63, 3.8) is 0 Å². The lowest BCUT2D eigenvalue weighted by Gasteiger charge is -2.29. The molecule has 0 bridgehead atoms. The van der Waals surface area contributed by atoms with Crippen LogP contribution in [-0.4, -0.2) is 41.6 Å². The van der Waals surface area contributed by atoms with E-state index in [2.05, 4.69) is 28.8 Å². The summed E-state index contributed by atoms with van der Waals surface area (Å²) in [5, 5.41) is 0.562. The molecule has 0 aromatic carbocycles. The van der Waals surface area contributed by atoms with Crippen molar-refractivity contribution >= 4 is 11.6 Å². The molecule has 4 nitrogen and oxygen atoms in total. The molecule has 0 aliphatic carbocycles. The minimum Gasteiger partial charge on any atom is -0.368 e. The number of likely N-dealkylation sites (N-methyl/N-ethyl adjacent to an activating group) is 1.